The van der Waals surface area contributed by atoms with E-state index >= 15 is 0 Å². The van der Waals surface area contributed by atoms with Gasteiger partial charge in [-0.2, -0.15) is 0 Å². The maximum absolute atomic E-state index is 12.2. The molecule has 2 aliphatic heterocycles. The van der Waals surface area contributed by atoms with Crippen molar-refractivity contribution in [2.24, 2.45) is 5.41 Å². The van der Waals surface area contributed by atoms with Gasteiger partial charge >= 0.3 is 0 Å². The summed E-state index contributed by atoms with van der Waals surface area (Å²) in [5.41, 5.74) is -0.724. The zero-order chi connectivity index (χ0) is 12.5. The summed E-state index contributed by atoms with van der Waals surface area (Å²) in [7, 11) is 0. The molecule has 17 heavy (non-hydrogen) atoms. The van der Waals surface area contributed by atoms with Gasteiger partial charge in [-0.05, 0) is 0 Å². The van der Waals surface area contributed by atoms with Gasteiger partial charge in [0, 0.05) is 33.1 Å². The van der Waals surface area contributed by atoms with Crippen molar-refractivity contribution in [2.75, 3.05) is 46.0 Å². The second kappa shape index (κ2) is 4.62. The molecule has 0 aromatic rings. The van der Waals surface area contributed by atoms with Crippen molar-refractivity contribution in [3.8, 4) is 0 Å². The smallest absolute Gasteiger partial charge is 0.235 e. The molecular weight excluding hydrogens is 224 g/mol. The van der Waals surface area contributed by atoms with Crippen molar-refractivity contribution in [3.05, 3.63) is 0 Å². The first-order chi connectivity index (χ1) is 8.09. The van der Waals surface area contributed by atoms with Crippen LogP contribution in [0.25, 0.3) is 0 Å². The lowest BCUT2D eigenvalue weighted by Gasteiger charge is -2.44. The first-order valence-corrected chi connectivity index (χ1v) is 5.82. The van der Waals surface area contributed by atoms with Crippen molar-refractivity contribution in [3.63, 3.8) is 0 Å². The first-order valence-electron chi connectivity index (χ1n) is 5.82. The molecule has 0 spiro atoms. The van der Waals surface area contributed by atoms with Crippen LogP contribution in [0.2, 0.25) is 0 Å². The predicted octanol–water partition coefficient (Wildman–Crippen LogP) is -1.31. The third-order valence-electron chi connectivity index (χ3n) is 3.53. The summed E-state index contributed by atoms with van der Waals surface area (Å²) in [6, 6.07) is 0. The van der Waals surface area contributed by atoms with Crippen LogP contribution in [0.5, 0.6) is 0 Å². The van der Waals surface area contributed by atoms with Crippen molar-refractivity contribution in [1.29, 1.82) is 0 Å². The Morgan fingerprint density at radius 2 is 1.71 bits per heavy atom. The van der Waals surface area contributed by atoms with Gasteiger partial charge in [0.1, 0.15) is 5.41 Å². The van der Waals surface area contributed by atoms with Gasteiger partial charge in [0.25, 0.3) is 0 Å². The summed E-state index contributed by atoms with van der Waals surface area (Å²) in [5, 5.41) is 9.29. The maximum Gasteiger partial charge on any atom is 0.235 e. The van der Waals surface area contributed by atoms with Crippen LogP contribution in [0.4, 0.5) is 0 Å². The van der Waals surface area contributed by atoms with Crippen molar-refractivity contribution >= 4 is 11.8 Å². The van der Waals surface area contributed by atoms with E-state index in [1.807, 2.05) is 0 Å². The molecule has 0 bridgehead atoms. The molecule has 2 aliphatic rings. The molecule has 0 atom stereocenters. The molecule has 0 aromatic carbocycles. The van der Waals surface area contributed by atoms with E-state index in [2.05, 4.69) is 0 Å². The quantitative estimate of drug-likeness (QED) is 0.652. The van der Waals surface area contributed by atoms with Gasteiger partial charge in [0.2, 0.25) is 11.8 Å². The van der Waals surface area contributed by atoms with Crippen LogP contribution >= 0.6 is 0 Å². The molecule has 1 N–H and O–H groups in total. The van der Waals surface area contributed by atoms with Crippen LogP contribution in [0, 0.1) is 5.41 Å². The van der Waals surface area contributed by atoms with Crippen LogP contribution in [0.3, 0.4) is 0 Å². The summed E-state index contributed by atoms with van der Waals surface area (Å²) in [4.78, 5) is 26.8. The van der Waals surface area contributed by atoms with Crippen molar-refractivity contribution in [2.45, 2.75) is 6.92 Å². The number of amides is 2. The molecule has 6 heteroatoms. The summed E-state index contributed by atoms with van der Waals surface area (Å²) in [6.07, 6.45) is 0. The van der Waals surface area contributed by atoms with Crippen LogP contribution in [-0.2, 0) is 14.3 Å². The molecule has 6 nitrogen and oxygen atoms in total. The third-order valence-corrected chi connectivity index (χ3v) is 3.53. The van der Waals surface area contributed by atoms with Crippen molar-refractivity contribution < 1.29 is 19.4 Å². The lowest BCUT2D eigenvalue weighted by Crippen LogP contribution is -2.61. The van der Waals surface area contributed by atoms with Gasteiger partial charge in [-0.15, -0.1) is 0 Å². The minimum absolute atomic E-state index is 0.0425. The number of hydrogen-bond donors (Lipinski definition) is 1. The summed E-state index contributed by atoms with van der Waals surface area (Å²) < 4.78 is 5.03. The van der Waals surface area contributed by atoms with Gasteiger partial charge in [0.15, 0.2) is 0 Å². The van der Waals surface area contributed by atoms with E-state index in [-0.39, 0.29) is 18.4 Å². The number of rotatable bonds is 2. The number of carbonyl (C=O) groups excluding carboxylic acids is 2. The average Bonchev–Trinajstić information content (AvgIpc) is 2.28. The lowest BCUT2D eigenvalue weighted by atomic mass is 9.85. The summed E-state index contributed by atoms with van der Waals surface area (Å²) in [5.74, 6) is -0.00426. The highest BCUT2D eigenvalue weighted by Gasteiger charge is 2.48. The standard InChI is InChI=1S/C11H18N2O4/c1-9(15)12-2-4-13(5-3-12)10(16)11(6-14)7-17-8-11/h14H,2-8H2,1H3. The highest BCUT2D eigenvalue weighted by Crippen LogP contribution is 2.29. The zero-order valence-corrected chi connectivity index (χ0v) is 10.0. The van der Waals surface area contributed by atoms with Gasteiger partial charge in [-0.25, -0.2) is 0 Å². The Labute approximate surface area is 100 Å². The number of carbonyl (C=O) groups is 2. The molecular formula is C11H18N2O4. The Bertz CT molecular complexity index is 314. The maximum atomic E-state index is 12.2. The molecule has 0 aliphatic carbocycles. The number of aliphatic hydroxyl groups is 1. The van der Waals surface area contributed by atoms with Crippen LogP contribution in [-0.4, -0.2) is 72.7 Å². The number of ether oxygens (including phenoxy) is 1. The Morgan fingerprint density at radius 1 is 1.18 bits per heavy atom. The van der Waals surface area contributed by atoms with Gasteiger partial charge in [-0.3, -0.25) is 9.59 Å². The summed E-state index contributed by atoms with van der Waals surface area (Å²) in [6.45, 7) is 4.20. The van der Waals surface area contributed by atoms with E-state index in [9.17, 15) is 14.7 Å². The molecule has 2 heterocycles. The third kappa shape index (κ3) is 2.14. The highest BCUT2D eigenvalue weighted by molar-refractivity contribution is 5.84. The molecule has 0 unspecified atom stereocenters. The fourth-order valence-electron chi connectivity index (χ4n) is 2.19. The minimum Gasteiger partial charge on any atom is -0.395 e. The molecule has 2 fully saturated rings. The highest BCUT2D eigenvalue weighted by atomic mass is 16.5. The number of aliphatic hydroxyl groups excluding tert-OH is 1. The normalized spacial score (nSPS) is 23.2. The molecule has 0 radical (unpaired) electrons. The molecule has 2 rings (SSSR count). The van der Waals surface area contributed by atoms with E-state index in [1.54, 1.807) is 9.80 Å². The fourth-order valence-corrected chi connectivity index (χ4v) is 2.19. The fraction of sp³-hybridized carbons (Fsp3) is 0.818. The van der Waals surface area contributed by atoms with Gasteiger partial charge in [-0.1, -0.05) is 0 Å². The van der Waals surface area contributed by atoms with Crippen LogP contribution < -0.4 is 0 Å². The van der Waals surface area contributed by atoms with Crippen LogP contribution in [0.1, 0.15) is 6.92 Å². The Morgan fingerprint density at radius 3 is 2.06 bits per heavy atom. The molecule has 0 aromatic heterocycles. The number of hydrogen-bond acceptors (Lipinski definition) is 4. The second-order valence-electron chi connectivity index (χ2n) is 4.73. The van der Waals surface area contributed by atoms with E-state index in [4.69, 9.17) is 4.74 Å². The van der Waals surface area contributed by atoms with E-state index in [0.717, 1.165) is 0 Å². The number of nitrogens with zero attached hydrogens (tertiary/aromatic N) is 2. The first kappa shape index (κ1) is 12.3. The topological polar surface area (TPSA) is 70.1 Å². The second-order valence-corrected chi connectivity index (χ2v) is 4.73. The molecule has 2 saturated heterocycles. The Balaban J connectivity index is 1.92. The molecule has 96 valence electrons. The summed E-state index contributed by atoms with van der Waals surface area (Å²) >= 11 is 0. The van der Waals surface area contributed by atoms with Gasteiger partial charge in [0.05, 0.1) is 19.8 Å². The van der Waals surface area contributed by atoms with Crippen molar-refractivity contribution in [1.82, 2.24) is 9.80 Å². The minimum atomic E-state index is -0.724. The lowest BCUT2D eigenvalue weighted by molar-refractivity contribution is -0.182. The number of piperazine rings is 1. The van der Waals surface area contributed by atoms with E-state index in [0.29, 0.717) is 39.4 Å². The van der Waals surface area contributed by atoms with Crippen LogP contribution in [0.15, 0.2) is 0 Å². The van der Waals surface area contributed by atoms with E-state index < -0.39 is 5.41 Å². The zero-order valence-electron chi connectivity index (χ0n) is 10.0. The predicted molar refractivity (Wildman–Crippen MR) is 59.2 cm³/mol. The van der Waals surface area contributed by atoms with Gasteiger partial charge < -0.3 is 19.6 Å². The average molecular weight is 242 g/mol. The molecule has 2 amide bonds. The Kier molecular flexibility index (Phi) is 3.35. The largest absolute Gasteiger partial charge is 0.395 e. The SMILES string of the molecule is CC(=O)N1CCN(C(=O)C2(CO)COC2)CC1. The van der Waals surface area contributed by atoms with E-state index in [1.165, 1.54) is 6.92 Å². The monoisotopic (exact) mass is 242 g/mol. The Hall–Kier alpha value is -1.14. The molecule has 0 saturated carbocycles.